The highest BCUT2D eigenvalue weighted by molar-refractivity contribution is 5.49. The van der Waals surface area contributed by atoms with Crippen LogP contribution in [0.1, 0.15) is 11.5 Å². The van der Waals surface area contributed by atoms with Crippen molar-refractivity contribution in [2.75, 3.05) is 5.73 Å². The third-order valence-electron chi connectivity index (χ3n) is 2.59. The molecule has 1 aliphatic heterocycles. The minimum absolute atomic E-state index is 0.776. The van der Waals surface area contributed by atoms with Crippen LogP contribution in [0.5, 0.6) is 0 Å². The molecular weight excluding hydrogens is 136 g/mol. The van der Waals surface area contributed by atoms with Gasteiger partial charge in [-0.3, -0.25) is 0 Å². The number of rotatable bonds is 1. The van der Waals surface area contributed by atoms with Gasteiger partial charge >= 0.3 is 0 Å². The Morgan fingerprint density at radius 3 is 2.64 bits per heavy atom. The first-order valence-corrected chi connectivity index (χ1v) is 3.98. The van der Waals surface area contributed by atoms with Gasteiger partial charge < -0.3 is 11.1 Å². The average Bonchev–Trinajstić information content (AvgIpc) is 2.71. The minimum atomic E-state index is 0.776. The highest BCUT2D eigenvalue weighted by atomic mass is 15.3. The van der Waals surface area contributed by atoms with Crippen LogP contribution in [0.4, 0.5) is 5.69 Å². The predicted molar refractivity (Wildman–Crippen MR) is 44.3 cm³/mol. The first-order valence-electron chi connectivity index (χ1n) is 3.98. The van der Waals surface area contributed by atoms with E-state index in [9.17, 15) is 0 Å². The van der Waals surface area contributed by atoms with Crippen LogP contribution < -0.4 is 11.1 Å². The molecule has 56 valence electrons. The molecule has 0 aromatic heterocycles. The molecule has 3 rings (SSSR count). The molecule has 1 aromatic carbocycles. The van der Waals surface area contributed by atoms with Crippen molar-refractivity contribution in [1.29, 1.82) is 0 Å². The molecule has 0 spiro atoms. The summed E-state index contributed by atoms with van der Waals surface area (Å²) in [6.45, 7) is 0. The fraction of sp³-hybridized carbons (Fsp3) is 0.333. The highest BCUT2D eigenvalue weighted by Gasteiger charge is 2.64. The molecule has 2 nitrogen and oxygen atoms in total. The Kier molecular flexibility index (Phi) is 0.809. The van der Waals surface area contributed by atoms with Crippen molar-refractivity contribution in [3.05, 3.63) is 29.8 Å². The summed E-state index contributed by atoms with van der Waals surface area (Å²) in [4.78, 5) is 0. The maximum atomic E-state index is 5.66. The lowest BCUT2D eigenvalue weighted by atomic mass is 10.1. The third kappa shape index (κ3) is 0.701. The molecule has 1 heterocycles. The van der Waals surface area contributed by atoms with E-state index < -0.39 is 0 Å². The largest absolute Gasteiger partial charge is 0.399 e. The zero-order valence-corrected chi connectivity index (χ0v) is 6.12. The van der Waals surface area contributed by atoms with Gasteiger partial charge in [0.15, 0.2) is 0 Å². The van der Waals surface area contributed by atoms with Gasteiger partial charge in [-0.2, -0.15) is 0 Å². The summed E-state index contributed by atoms with van der Waals surface area (Å²) in [6, 6.07) is 9.79. The van der Waals surface area contributed by atoms with Crippen molar-refractivity contribution in [1.82, 2.24) is 5.32 Å². The van der Waals surface area contributed by atoms with Crippen LogP contribution in [0.15, 0.2) is 24.3 Å². The molecule has 0 amide bonds. The molecule has 2 aliphatic rings. The summed E-state index contributed by atoms with van der Waals surface area (Å²) in [5.74, 6) is 0.776. The van der Waals surface area contributed by atoms with Gasteiger partial charge in [0.05, 0.1) is 0 Å². The molecule has 2 unspecified atom stereocenters. The minimum Gasteiger partial charge on any atom is -0.399 e. The van der Waals surface area contributed by atoms with E-state index in [0.29, 0.717) is 0 Å². The third-order valence-corrected chi connectivity index (χ3v) is 2.59. The van der Waals surface area contributed by atoms with E-state index in [1.54, 1.807) is 0 Å². The van der Waals surface area contributed by atoms with Crippen LogP contribution in [0, 0.1) is 0 Å². The number of nitrogen functional groups attached to an aromatic ring is 1. The molecule has 2 atom stereocenters. The number of hydrogen-bond acceptors (Lipinski definition) is 2. The van der Waals surface area contributed by atoms with Crippen LogP contribution in [-0.2, 0) is 0 Å². The molecule has 0 bridgehead atoms. The molecule has 1 aromatic rings. The van der Waals surface area contributed by atoms with E-state index in [4.69, 9.17) is 5.73 Å². The van der Waals surface area contributed by atoms with E-state index in [2.05, 4.69) is 17.4 Å². The lowest BCUT2D eigenvalue weighted by molar-refractivity contribution is 0.786. The van der Waals surface area contributed by atoms with Crippen molar-refractivity contribution >= 4 is 5.69 Å². The number of nitrogens with two attached hydrogens (primary N) is 1. The topological polar surface area (TPSA) is 48.0 Å². The van der Waals surface area contributed by atoms with E-state index in [0.717, 1.165) is 23.7 Å². The monoisotopic (exact) mass is 146 g/mol. The van der Waals surface area contributed by atoms with Gasteiger partial charge in [0, 0.05) is 23.7 Å². The van der Waals surface area contributed by atoms with Crippen LogP contribution in [-0.4, -0.2) is 12.1 Å². The van der Waals surface area contributed by atoms with Crippen LogP contribution in [0.2, 0.25) is 0 Å². The number of benzene rings is 1. The van der Waals surface area contributed by atoms with Crippen molar-refractivity contribution in [2.45, 2.75) is 18.0 Å². The van der Waals surface area contributed by atoms with Crippen molar-refractivity contribution in [3.63, 3.8) is 0 Å². The summed E-state index contributed by atoms with van der Waals surface area (Å²) >= 11 is 0. The van der Waals surface area contributed by atoms with Gasteiger partial charge in [0.25, 0.3) is 0 Å². The second-order valence-corrected chi connectivity index (χ2v) is 3.41. The van der Waals surface area contributed by atoms with Crippen LogP contribution in [0.3, 0.4) is 0 Å². The van der Waals surface area contributed by atoms with Crippen molar-refractivity contribution < 1.29 is 0 Å². The predicted octanol–water partition coefficient (Wildman–Crippen LogP) is 0.706. The van der Waals surface area contributed by atoms with E-state index in [1.807, 2.05) is 12.1 Å². The second kappa shape index (κ2) is 1.59. The Morgan fingerprint density at radius 1 is 1.27 bits per heavy atom. The van der Waals surface area contributed by atoms with Crippen molar-refractivity contribution in [2.24, 2.45) is 0 Å². The molecule has 11 heavy (non-hydrogen) atoms. The van der Waals surface area contributed by atoms with Gasteiger partial charge in [-0.05, 0) is 17.7 Å². The average molecular weight is 146 g/mol. The van der Waals surface area contributed by atoms with Gasteiger partial charge in [0.1, 0.15) is 0 Å². The quantitative estimate of drug-likeness (QED) is 0.452. The fourth-order valence-electron chi connectivity index (χ4n) is 1.75. The normalized spacial score (nSPS) is 38.0. The van der Waals surface area contributed by atoms with Gasteiger partial charge in [-0.15, -0.1) is 0 Å². The van der Waals surface area contributed by atoms with E-state index in [1.165, 1.54) is 5.56 Å². The number of fused-ring (bicyclic) bond motifs is 1. The summed E-state index contributed by atoms with van der Waals surface area (Å²) in [6.07, 6.45) is 0. The highest BCUT2D eigenvalue weighted by Crippen LogP contribution is 2.52. The molecule has 3 N–H and O–H groups in total. The molecule has 1 saturated heterocycles. The molecule has 1 aliphatic carbocycles. The Balaban J connectivity index is 1.95. The lowest BCUT2D eigenvalue weighted by Gasteiger charge is -2.04. The smallest absolute Gasteiger partial charge is 0.0316 e. The summed E-state index contributed by atoms with van der Waals surface area (Å²) in [5.41, 5.74) is 7.95. The maximum absolute atomic E-state index is 5.66. The molecular formula is C9H10N2. The molecule has 0 radical (unpaired) electrons. The SMILES string of the molecule is Nc1cccc(C2C3NC32)c1. The first kappa shape index (κ1) is 5.61. The Bertz CT molecular complexity index is 300. The van der Waals surface area contributed by atoms with Crippen LogP contribution >= 0.6 is 0 Å². The molecule has 1 saturated carbocycles. The molecule has 2 heteroatoms. The Morgan fingerprint density at radius 2 is 2.09 bits per heavy atom. The number of nitrogens with one attached hydrogen (secondary N) is 1. The van der Waals surface area contributed by atoms with Crippen LogP contribution in [0.25, 0.3) is 0 Å². The summed E-state index contributed by atoms with van der Waals surface area (Å²) < 4.78 is 0. The number of anilines is 1. The van der Waals surface area contributed by atoms with E-state index >= 15 is 0 Å². The standard InChI is InChI=1S/C9H10N2/c10-6-3-1-2-5(4-6)7-8-9(7)11-8/h1-4,7-9,11H,10H2. The van der Waals surface area contributed by atoms with Gasteiger partial charge in [0.2, 0.25) is 0 Å². The van der Waals surface area contributed by atoms with Crippen molar-refractivity contribution in [3.8, 4) is 0 Å². The second-order valence-electron chi connectivity index (χ2n) is 3.41. The zero-order valence-electron chi connectivity index (χ0n) is 6.12. The summed E-state index contributed by atoms with van der Waals surface area (Å²) in [7, 11) is 0. The first-order chi connectivity index (χ1) is 5.36. The zero-order chi connectivity index (χ0) is 7.42. The maximum Gasteiger partial charge on any atom is 0.0316 e. The Labute approximate surface area is 65.4 Å². The van der Waals surface area contributed by atoms with Gasteiger partial charge in [-0.1, -0.05) is 12.1 Å². The summed E-state index contributed by atoms with van der Waals surface area (Å²) in [5, 5.41) is 3.32. The Hall–Kier alpha value is -1.02. The fourth-order valence-corrected chi connectivity index (χ4v) is 1.75. The van der Waals surface area contributed by atoms with E-state index in [-0.39, 0.29) is 0 Å². The number of hydrogen-bond donors (Lipinski definition) is 2. The van der Waals surface area contributed by atoms with Gasteiger partial charge in [-0.25, -0.2) is 0 Å². The lowest BCUT2D eigenvalue weighted by Crippen LogP contribution is -2.06. The molecule has 2 fully saturated rings.